The van der Waals surface area contributed by atoms with Crippen LogP contribution in [0.15, 0.2) is 46.9 Å². The number of aliphatic carboxylic acids is 1. The number of benzene rings is 2. The van der Waals surface area contributed by atoms with Gasteiger partial charge in [0.05, 0.1) is 13.0 Å². The average Bonchev–Trinajstić information content (AvgIpc) is 2.46. The first kappa shape index (κ1) is 15.6. The maximum absolute atomic E-state index is 11.6. The van der Waals surface area contributed by atoms with Crippen molar-refractivity contribution < 1.29 is 14.6 Å². The predicted octanol–water partition coefficient (Wildman–Crippen LogP) is 4.18. The number of carboxylic acids is 1. The Kier molecular flexibility index (Phi) is 5.02. The number of hydrogen-bond acceptors (Lipinski definition) is 2. The highest BCUT2D eigenvalue weighted by Gasteiger charge is 2.22. The van der Waals surface area contributed by atoms with Crippen LogP contribution in [0.3, 0.4) is 0 Å². The molecular formula is C17H17BrO3. The van der Waals surface area contributed by atoms with E-state index in [2.05, 4.69) is 15.9 Å². The predicted molar refractivity (Wildman–Crippen MR) is 86.0 cm³/mol. The van der Waals surface area contributed by atoms with Crippen molar-refractivity contribution >= 4 is 21.9 Å². The molecule has 2 aromatic carbocycles. The second-order valence-electron chi connectivity index (χ2n) is 4.96. The van der Waals surface area contributed by atoms with Crippen molar-refractivity contribution in [1.82, 2.24) is 0 Å². The molecule has 2 rings (SSSR count). The van der Waals surface area contributed by atoms with Gasteiger partial charge in [0.15, 0.2) is 0 Å². The molecule has 3 nitrogen and oxygen atoms in total. The number of carboxylic acid groups (broad SMARTS) is 1. The van der Waals surface area contributed by atoms with Crippen LogP contribution in [0.2, 0.25) is 0 Å². The number of aryl methyl sites for hydroxylation is 1. The fourth-order valence-electron chi connectivity index (χ4n) is 2.27. The smallest absolute Gasteiger partial charge is 0.311 e. The third kappa shape index (κ3) is 3.85. The molecule has 110 valence electrons. The maximum atomic E-state index is 11.6. The zero-order valence-electron chi connectivity index (χ0n) is 12.0. The van der Waals surface area contributed by atoms with Crippen LogP contribution in [-0.4, -0.2) is 18.2 Å². The second kappa shape index (κ2) is 6.76. The van der Waals surface area contributed by atoms with Gasteiger partial charge < -0.3 is 9.84 Å². The Hall–Kier alpha value is -1.81. The van der Waals surface area contributed by atoms with E-state index in [1.54, 1.807) is 7.11 Å². The van der Waals surface area contributed by atoms with Gasteiger partial charge >= 0.3 is 5.97 Å². The summed E-state index contributed by atoms with van der Waals surface area (Å²) in [6.07, 6.45) is 0.390. The Labute approximate surface area is 132 Å². The molecule has 0 fully saturated rings. The molecule has 0 aliphatic heterocycles. The Morgan fingerprint density at radius 3 is 2.48 bits per heavy atom. The van der Waals surface area contributed by atoms with Gasteiger partial charge in [-0.15, -0.1) is 0 Å². The summed E-state index contributed by atoms with van der Waals surface area (Å²) < 4.78 is 6.23. The molecule has 21 heavy (non-hydrogen) atoms. The van der Waals surface area contributed by atoms with Crippen molar-refractivity contribution in [1.29, 1.82) is 0 Å². The summed E-state index contributed by atoms with van der Waals surface area (Å²) in [5.41, 5.74) is 2.79. The molecule has 1 atom stereocenters. The summed E-state index contributed by atoms with van der Waals surface area (Å²) in [4.78, 5) is 11.6. The van der Waals surface area contributed by atoms with Gasteiger partial charge in [-0.2, -0.15) is 0 Å². The number of carbonyl (C=O) groups is 1. The topological polar surface area (TPSA) is 46.5 Å². The normalized spacial score (nSPS) is 12.0. The van der Waals surface area contributed by atoms with E-state index in [1.807, 2.05) is 49.4 Å². The van der Waals surface area contributed by atoms with Gasteiger partial charge in [0.2, 0.25) is 0 Å². The molecule has 0 saturated carbocycles. The summed E-state index contributed by atoms with van der Waals surface area (Å²) in [6.45, 7) is 1.98. The Bertz CT molecular complexity index is 635. The first-order chi connectivity index (χ1) is 10.0. The lowest BCUT2D eigenvalue weighted by Gasteiger charge is -2.16. The van der Waals surface area contributed by atoms with Gasteiger partial charge in [-0.25, -0.2) is 0 Å². The quantitative estimate of drug-likeness (QED) is 0.881. The minimum atomic E-state index is -0.833. The van der Waals surface area contributed by atoms with Crippen LogP contribution in [0.4, 0.5) is 0 Å². The fraction of sp³-hybridized carbons (Fsp3) is 0.235. The van der Waals surface area contributed by atoms with Crippen molar-refractivity contribution in [2.75, 3.05) is 7.11 Å². The monoisotopic (exact) mass is 348 g/mol. The van der Waals surface area contributed by atoms with E-state index in [0.717, 1.165) is 21.2 Å². The highest BCUT2D eigenvalue weighted by molar-refractivity contribution is 9.10. The SMILES string of the molecule is COc1ccc(Br)cc1CC(C(=O)O)c1ccc(C)cc1. The number of halogens is 1. The molecule has 0 aromatic heterocycles. The third-order valence-electron chi connectivity index (χ3n) is 3.44. The number of hydrogen-bond donors (Lipinski definition) is 1. The first-order valence-corrected chi connectivity index (χ1v) is 7.42. The summed E-state index contributed by atoms with van der Waals surface area (Å²) in [5, 5.41) is 9.54. The van der Waals surface area contributed by atoms with Crippen LogP contribution < -0.4 is 4.74 Å². The number of methoxy groups -OCH3 is 1. The van der Waals surface area contributed by atoms with Crippen LogP contribution in [0.5, 0.6) is 5.75 Å². The lowest BCUT2D eigenvalue weighted by atomic mass is 9.91. The van der Waals surface area contributed by atoms with Crippen LogP contribution in [-0.2, 0) is 11.2 Å². The maximum Gasteiger partial charge on any atom is 0.311 e. The molecule has 1 unspecified atom stereocenters. The highest BCUT2D eigenvalue weighted by atomic mass is 79.9. The molecule has 4 heteroatoms. The van der Waals surface area contributed by atoms with E-state index in [1.165, 1.54) is 0 Å². The van der Waals surface area contributed by atoms with Gasteiger partial charge in [0.1, 0.15) is 5.75 Å². The largest absolute Gasteiger partial charge is 0.496 e. The molecule has 2 aromatic rings. The van der Waals surface area contributed by atoms with E-state index >= 15 is 0 Å². The highest BCUT2D eigenvalue weighted by Crippen LogP contribution is 2.29. The van der Waals surface area contributed by atoms with Crippen molar-refractivity contribution in [3.05, 3.63) is 63.6 Å². The van der Waals surface area contributed by atoms with Gasteiger partial charge in [-0.1, -0.05) is 45.8 Å². The molecule has 0 amide bonds. The molecular weight excluding hydrogens is 332 g/mol. The van der Waals surface area contributed by atoms with E-state index in [9.17, 15) is 9.90 Å². The Morgan fingerprint density at radius 2 is 1.90 bits per heavy atom. The van der Waals surface area contributed by atoms with Crippen molar-refractivity contribution in [2.45, 2.75) is 19.3 Å². The van der Waals surface area contributed by atoms with Crippen LogP contribution >= 0.6 is 15.9 Å². The van der Waals surface area contributed by atoms with E-state index in [4.69, 9.17) is 4.74 Å². The molecule has 0 saturated heterocycles. The lowest BCUT2D eigenvalue weighted by molar-refractivity contribution is -0.138. The summed E-state index contributed by atoms with van der Waals surface area (Å²) in [6, 6.07) is 13.2. The number of ether oxygens (including phenoxy) is 1. The van der Waals surface area contributed by atoms with Crippen LogP contribution in [0.25, 0.3) is 0 Å². The minimum Gasteiger partial charge on any atom is -0.496 e. The molecule has 0 radical (unpaired) electrons. The Balaban J connectivity index is 2.35. The van der Waals surface area contributed by atoms with Gasteiger partial charge in [-0.05, 0) is 42.7 Å². The summed E-state index contributed by atoms with van der Waals surface area (Å²) in [7, 11) is 1.59. The zero-order chi connectivity index (χ0) is 15.4. The standard InChI is InChI=1S/C17H17BrO3/c1-11-3-5-12(6-4-11)15(17(19)20)10-13-9-14(18)7-8-16(13)21-2/h3-9,15H,10H2,1-2H3,(H,19,20). The fourth-order valence-corrected chi connectivity index (χ4v) is 2.68. The minimum absolute atomic E-state index is 0.390. The molecule has 0 spiro atoms. The van der Waals surface area contributed by atoms with Crippen LogP contribution in [0, 0.1) is 6.92 Å². The van der Waals surface area contributed by atoms with E-state index < -0.39 is 11.9 Å². The zero-order valence-corrected chi connectivity index (χ0v) is 13.6. The molecule has 0 bridgehead atoms. The van der Waals surface area contributed by atoms with Crippen molar-refractivity contribution in [3.63, 3.8) is 0 Å². The molecule has 0 aliphatic rings. The Morgan fingerprint density at radius 1 is 1.24 bits per heavy atom. The van der Waals surface area contributed by atoms with Gasteiger partial charge in [-0.3, -0.25) is 4.79 Å². The van der Waals surface area contributed by atoms with E-state index in [-0.39, 0.29) is 0 Å². The third-order valence-corrected chi connectivity index (χ3v) is 3.94. The second-order valence-corrected chi connectivity index (χ2v) is 5.88. The van der Waals surface area contributed by atoms with Crippen molar-refractivity contribution in [3.8, 4) is 5.75 Å². The van der Waals surface area contributed by atoms with Gasteiger partial charge in [0, 0.05) is 4.47 Å². The summed E-state index contributed by atoms with van der Waals surface area (Å²) in [5.74, 6) is -0.716. The molecule has 1 N–H and O–H groups in total. The lowest BCUT2D eigenvalue weighted by Crippen LogP contribution is -2.15. The average molecular weight is 349 g/mol. The van der Waals surface area contributed by atoms with Crippen molar-refractivity contribution in [2.24, 2.45) is 0 Å². The molecule has 0 heterocycles. The van der Waals surface area contributed by atoms with Gasteiger partial charge in [0.25, 0.3) is 0 Å². The summed E-state index contributed by atoms with van der Waals surface area (Å²) >= 11 is 3.42. The number of rotatable bonds is 5. The van der Waals surface area contributed by atoms with Crippen LogP contribution in [0.1, 0.15) is 22.6 Å². The molecule has 0 aliphatic carbocycles. The first-order valence-electron chi connectivity index (χ1n) is 6.63. The van der Waals surface area contributed by atoms with E-state index in [0.29, 0.717) is 12.2 Å².